The van der Waals surface area contributed by atoms with Gasteiger partial charge in [0.25, 0.3) is 5.91 Å². The van der Waals surface area contributed by atoms with Crippen LogP contribution in [-0.2, 0) is 4.79 Å². The Hall–Kier alpha value is -2.04. The zero-order valence-corrected chi connectivity index (χ0v) is 9.15. The van der Waals surface area contributed by atoms with Crippen LogP contribution in [0.5, 0.6) is 11.5 Å². The molecule has 1 rings (SSSR count). The molecule has 0 aromatic heterocycles. The van der Waals surface area contributed by atoms with Crippen LogP contribution in [0.15, 0.2) is 18.2 Å². The maximum Gasteiger partial charge on any atom is 0.257 e. The van der Waals surface area contributed by atoms with Crippen molar-refractivity contribution < 1.29 is 19.1 Å². The van der Waals surface area contributed by atoms with E-state index in [-0.39, 0.29) is 12.5 Å². The maximum atomic E-state index is 11.0. The second-order valence-corrected chi connectivity index (χ2v) is 2.99. The summed E-state index contributed by atoms with van der Waals surface area (Å²) in [6.07, 6.45) is 0.701. The minimum atomic E-state index is -0.251. The Bertz CT molecular complexity index is 390. The number of hydrogen-bond donors (Lipinski definition) is 1. The standard InChI is InChI=1S/C11H13NO4/c1-12-11(14)7-16-10-5-8(6-13)3-4-9(10)15-2/h3-6H,7H2,1-2H3,(H,12,14). The Balaban J connectivity index is 2.82. The van der Waals surface area contributed by atoms with Crippen LogP contribution in [0.25, 0.3) is 0 Å². The first-order valence-electron chi connectivity index (χ1n) is 4.68. The molecule has 0 aliphatic carbocycles. The molecule has 0 fully saturated rings. The van der Waals surface area contributed by atoms with E-state index in [9.17, 15) is 9.59 Å². The molecule has 5 heteroatoms. The van der Waals surface area contributed by atoms with Gasteiger partial charge in [-0.05, 0) is 18.2 Å². The highest BCUT2D eigenvalue weighted by Crippen LogP contribution is 2.27. The molecule has 0 saturated carbocycles. The SMILES string of the molecule is CNC(=O)COc1cc(C=O)ccc1OC. The first-order valence-corrected chi connectivity index (χ1v) is 4.68. The number of aldehydes is 1. The Morgan fingerprint density at radius 1 is 1.44 bits per heavy atom. The van der Waals surface area contributed by atoms with Crippen LogP contribution >= 0.6 is 0 Å². The molecule has 0 bridgehead atoms. The summed E-state index contributed by atoms with van der Waals surface area (Å²) in [5.41, 5.74) is 0.465. The van der Waals surface area contributed by atoms with Gasteiger partial charge in [-0.15, -0.1) is 0 Å². The van der Waals surface area contributed by atoms with Crippen molar-refractivity contribution in [1.29, 1.82) is 0 Å². The highest BCUT2D eigenvalue weighted by molar-refractivity contribution is 5.78. The molecule has 1 aromatic rings. The molecule has 16 heavy (non-hydrogen) atoms. The summed E-state index contributed by atoms with van der Waals surface area (Å²) >= 11 is 0. The molecule has 1 N–H and O–H groups in total. The fraction of sp³-hybridized carbons (Fsp3) is 0.273. The van der Waals surface area contributed by atoms with Gasteiger partial charge in [0, 0.05) is 12.6 Å². The highest BCUT2D eigenvalue weighted by Gasteiger charge is 2.07. The van der Waals surface area contributed by atoms with E-state index in [1.54, 1.807) is 12.1 Å². The predicted molar refractivity (Wildman–Crippen MR) is 57.9 cm³/mol. The number of rotatable bonds is 5. The van der Waals surface area contributed by atoms with Crippen molar-refractivity contribution in [2.45, 2.75) is 0 Å². The Morgan fingerprint density at radius 2 is 2.19 bits per heavy atom. The van der Waals surface area contributed by atoms with Crippen LogP contribution in [-0.4, -0.2) is 33.0 Å². The van der Waals surface area contributed by atoms with E-state index in [2.05, 4.69) is 5.32 Å². The van der Waals surface area contributed by atoms with E-state index in [1.165, 1.54) is 20.2 Å². The molecule has 1 aromatic carbocycles. The largest absolute Gasteiger partial charge is 0.493 e. The average Bonchev–Trinajstić information content (AvgIpc) is 2.35. The van der Waals surface area contributed by atoms with E-state index < -0.39 is 0 Å². The van der Waals surface area contributed by atoms with Gasteiger partial charge in [0.15, 0.2) is 18.1 Å². The maximum absolute atomic E-state index is 11.0. The third kappa shape index (κ3) is 2.98. The van der Waals surface area contributed by atoms with Gasteiger partial charge < -0.3 is 14.8 Å². The fourth-order valence-corrected chi connectivity index (χ4v) is 1.09. The minimum Gasteiger partial charge on any atom is -0.493 e. The van der Waals surface area contributed by atoms with Crippen molar-refractivity contribution in [1.82, 2.24) is 5.32 Å². The number of benzene rings is 1. The minimum absolute atomic E-state index is 0.116. The Morgan fingerprint density at radius 3 is 2.75 bits per heavy atom. The lowest BCUT2D eigenvalue weighted by Gasteiger charge is -2.10. The quantitative estimate of drug-likeness (QED) is 0.744. The molecular formula is C11H13NO4. The third-order valence-corrected chi connectivity index (χ3v) is 1.96. The molecule has 0 unspecified atom stereocenters. The molecule has 0 saturated heterocycles. The van der Waals surface area contributed by atoms with Crippen molar-refractivity contribution in [3.63, 3.8) is 0 Å². The topological polar surface area (TPSA) is 64.6 Å². The van der Waals surface area contributed by atoms with Crippen LogP contribution < -0.4 is 14.8 Å². The van der Waals surface area contributed by atoms with Gasteiger partial charge in [-0.3, -0.25) is 9.59 Å². The lowest BCUT2D eigenvalue weighted by Crippen LogP contribution is -2.24. The summed E-state index contributed by atoms with van der Waals surface area (Å²) < 4.78 is 10.3. The van der Waals surface area contributed by atoms with Crippen molar-refractivity contribution in [2.75, 3.05) is 20.8 Å². The molecule has 0 aliphatic rings. The van der Waals surface area contributed by atoms with Crippen LogP contribution in [0.1, 0.15) is 10.4 Å². The number of nitrogens with one attached hydrogen (secondary N) is 1. The van der Waals surface area contributed by atoms with Crippen molar-refractivity contribution >= 4 is 12.2 Å². The van der Waals surface area contributed by atoms with Gasteiger partial charge in [-0.1, -0.05) is 0 Å². The summed E-state index contributed by atoms with van der Waals surface area (Å²) in [6, 6.07) is 4.75. The summed E-state index contributed by atoms with van der Waals surface area (Å²) in [5.74, 6) is 0.601. The number of hydrogen-bond acceptors (Lipinski definition) is 4. The Kier molecular flexibility index (Phi) is 4.32. The van der Waals surface area contributed by atoms with Crippen LogP contribution in [0.3, 0.4) is 0 Å². The van der Waals surface area contributed by atoms with Crippen molar-refractivity contribution in [3.05, 3.63) is 23.8 Å². The third-order valence-electron chi connectivity index (χ3n) is 1.96. The zero-order valence-electron chi connectivity index (χ0n) is 9.15. The molecule has 86 valence electrons. The molecule has 0 heterocycles. The zero-order chi connectivity index (χ0) is 12.0. The molecule has 0 aliphatic heterocycles. The van der Waals surface area contributed by atoms with Gasteiger partial charge in [0.2, 0.25) is 0 Å². The molecule has 1 amide bonds. The van der Waals surface area contributed by atoms with E-state index >= 15 is 0 Å². The van der Waals surface area contributed by atoms with Crippen LogP contribution in [0.2, 0.25) is 0 Å². The lowest BCUT2D eigenvalue weighted by atomic mass is 10.2. The van der Waals surface area contributed by atoms with E-state index in [1.807, 2.05) is 0 Å². The molecular weight excluding hydrogens is 210 g/mol. The summed E-state index contributed by atoms with van der Waals surface area (Å²) in [5, 5.41) is 2.43. The monoisotopic (exact) mass is 223 g/mol. The first-order chi connectivity index (χ1) is 7.71. The second-order valence-electron chi connectivity index (χ2n) is 2.99. The van der Waals surface area contributed by atoms with Gasteiger partial charge in [0.1, 0.15) is 6.29 Å². The van der Waals surface area contributed by atoms with Gasteiger partial charge in [0.05, 0.1) is 7.11 Å². The summed E-state index contributed by atoms with van der Waals surface area (Å²) in [6.45, 7) is -0.116. The van der Waals surface area contributed by atoms with E-state index in [4.69, 9.17) is 9.47 Å². The van der Waals surface area contributed by atoms with Gasteiger partial charge in [-0.2, -0.15) is 0 Å². The lowest BCUT2D eigenvalue weighted by molar-refractivity contribution is -0.122. The summed E-state index contributed by atoms with van der Waals surface area (Å²) in [7, 11) is 3.01. The number of ether oxygens (including phenoxy) is 2. The van der Waals surface area contributed by atoms with Crippen molar-refractivity contribution in [2.24, 2.45) is 0 Å². The molecule has 0 spiro atoms. The Labute approximate surface area is 93.4 Å². The number of likely N-dealkylation sites (N-methyl/N-ethyl adjacent to an activating group) is 1. The second kappa shape index (κ2) is 5.75. The van der Waals surface area contributed by atoms with E-state index in [0.29, 0.717) is 23.3 Å². The normalized spacial score (nSPS) is 9.38. The smallest absolute Gasteiger partial charge is 0.257 e. The van der Waals surface area contributed by atoms with E-state index in [0.717, 1.165) is 0 Å². The average molecular weight is 223 g/mol. The van der Waals surface area contributed by atoms with Crippen LogP contribution in [0, 0.1) is 0 Å². The van der Waals surface area contributed by atoms with Crippen LogP contribution in [0.4, 0.5) is 0 Å². The summed E-state index contributed by atoms with van der Waals surface area (Å²) in [4.78, 5) is 21.6. The number of amides is 1. The first kappa shape index (κ1) is 12.0. The van der Waals surface area contributed by atoms with Gasteiger partial charge >= 0.3 is 0 Å². The molecule has 0 atom stereocenters. The number of carbonyl (C=O) groups excluding carboxylic acids is 2. The van der Waals surface area contributed by atoms with Crippen molar-refractivity contribution in [3.8, 4) is 11.5 Å². The number of methoxy groups -OCH3 is 1. The molecule has 0 radical (unpaired) electrons. The predicted octanol–water partition coefficient (Wildman–Crippen LogP) is 0.632. The fourth-order valence-electron chi connectivity index (χ4n) is 1.09. The highest BCUT2D eigenvalue weighted by atomic mass is 16.5. The molecule has 5 nitrogen and oxygen atoms in total. The number of carbonyl (C=O) groups is 2. The van der Waals surface area contributed by atoms with Gasteiger partial charge in [-0.25, -0.2) is 0 Å².